The third kappa shape index (κ3) is 1.98. The van der Waals surface area contributed by atoms with Gasteiger partial charge in [0, 0.05) is 12.6 Å². The standard InChI is InChI=1S/C13H18N2O2/c14-8-11(15-5-1-2-6-15)10-3-4-12-13(7-10)17-9-16-12/h3-4,7,11H,1-2,5-6,8-9,14H2/t11-/m0/s1. The predicted octanol–water partition coefficient (Wildman–Crippen LogP) is 1.51. The lowest BCUT2D eigenvalue weighted by Crippen LogP contribution is -2.31. The van der Waals surface area contributed by atoms with Crippen LogP contribution in [-0.2, 0) is 0 Å². The molecule has 2 N–H and O–H groups in total. The van der Waals surface area contributed by atoms with Gasteiger partial charge >= 0.3 is 0 Å². The van der Waals surface area contributed by atoms with Crippen molar-refractivity contribution in [2.75, 3.05) is 26.4 Å². The number of nitrogens with two attached hydrogens (primary N) is 1. The molecule has 2 heterocycles. The highest BCUT2D eigenvalue weighted by molar-refractivity contribution is 5.45. The zero-order chi connectivity index (χ0) is 11.7. The summed E-state index contributed by atoms with van der Waals surface area (Å²) < 4.78 is 10.7. The third-order valence-electron chi connectivity index (χ3n) is 3.59. The van der Waals surface area contributed by atoms with Crippen LogP contribution in [0.15, 0.2) is 18.2 Å². The van der Waals surface area contributed by atoms with E-state index in [-0.39, 0.29) is 0 Å². The van der Waals surface area contributed by atoms with E-state index < -0.39 is 0 Å². The summed E-state index contributed by atoms with van der Waals surface area (Å²) in [6.45, 7) is 3.28. The number of benzene rings is 1. The molecule has 0 bridgehead atoms. The van der Waals surface area contributed by atoms with Crippen molar-refractivity contribution in [3.05, 3.63) is 23.8 Å². The van der Waals surface area contributed by atoms with E-state index in [1.54, 1.807) is 0 Å². The van der Waals surface area contributed by atoms with Gasteiger partial charge in [0.25, 0.3) is 0 Å². The lowest BCUT2D eigenvalue weighted by Gasteiger charge is -2.26. The second-order valence-electron chi connectivity index (χ2n) is 4.61. The van der Waals surface area contributed by atoms with Crippen molar-refractivity contribution < 1.29 is 9.47 Å². The molecule has 2 aliphatic rings. The molecule has 1 saturated heterocycles. The van der Waals surface area contributed by atoms with Crippen molar-refractivity contribution in [1.29, 1.82) is 0 Å². The molecule has 1 fully saturated rings. The van der Waals surface area contributed by atoms with Crippen LogP contribution in [-0.4, -0.2) is 31.3 Å². The van der Waals surface area contributed by atoms with Crippen LogP contribution in [0.4, 0.5) is 0 Å². The van der Waals surface area contributed by atoms with E-state index in [0.29, 0.717) is 19.4 Å². The van der Waals surface area contributed by atoms with Crippen LogP contribution in [0.25, 0.3) is 0 Å². The number of hydrogen-bond donors (Lipinski definition) is 1. The minimum atomic E-state index is 0.312. The fourth-order valence-corrected chi connectivity index (χ4v) is 2.67. The van der Waals surface area contributed by atoms with Gasteiger partial charge in [-0.25, -0.2) is 0 Å². The van der Waals surface area contributed by atoms with Crippen molar-refractivity contribution in [2.24, 2.45) is 5.73 Å². The molecule has 1 atom stereocenters. The van der Waals surface area contributed by atoms with Gasteiger partial charge in [-0.2, -0.15) is 0 Å². The molecule has 3 rings (SSSR count). The summed E-state index contributed by atoms with van der Waals surface area (Å²) in [5, 5.41) is 0. The highest BCUT2D eigenvalue weighted by Crippen LogP contribution is 2.35. The summed E-state index contributed by atoms with van der Waals surface area (Å²) in [5.74, 6) is 1.69. The molecule has 0 unspecified atom stereocenters. The summed E-state index contributed by atoms with van der Waals surface area (Å²) in [5.41, 5.74) is 7.15. The fourth-order valence-electron chi connectivity index (χ4n) is 2.67. The number of nitrogens with zero attached hydrogens (tertiary/aromatic N) is 1. The van der Waals surface area contributed by atoms with Gasteiger partial charge in [0.1, 0.15) is 0 Å². The van der Waals surface area contributed by atoms with Gasteiger partial charge in [0.15, 0.2) is 11.5 Å². The quantitative estimate of drug-likeness (QED) is 0.861. The maximum Gasteiger partial charge on any atom is 0.231 e. The zero-order valence-corrected chi connectivity index (χ0v) is 9.89. The molecule has 17 heavy (non-hydrogen) atoms. The Balaban J connectivity index is 1.85. The molecular formula is C13H18N2O2. The Morgan fingerprint density at radius 3 is 2.71 bits per heavy atom. The summed E-state index contributed by atoms with van der Waals surface area (Å²) in [7, 11) is 0. The van der Waals surface area contributed by atoms with Gasteiger partial charge in [-0.1, -0.05) is 6.07 Å². The average molecular weight is 234 g/mol. The second-order valence-corrected chi connectivity index (χ2v) is 4.61. The van der Waals surface area contributed by atoms with E-state index in [1.807, 2.05) is 6.07 Å². The van der Waals surface area contributed by atoms with E-state index in [2.05, 4.69) is 17.0 Å². The zero-order valence-electron chi connectivity index (χ0n) is 9.89. The molecule has 0 aromatic heterocycles. The first-order chi connectivity index (χ1) is 8.38. The summed E-state index contributed by atoms with van der Waals surface area (Å²) >= 11 is 0. The number of ether oxygens (including phenoxy) is 2. The first kappa shape index (κ1) is 10.9. The Kier molecular flexibility index (Phi) is 2.91. The van der Waals surface area contributed by atoms with Gasteiger partial charge in [-0.05, 0) is 43.6 Å². The Bertz CT molecular complexity index is 402. The molecule has 2 aliphatic heterocycles. The largest absolute Gasteiger partial charge is 0.454 e. The Morgan fingerprint density at radius 1 is 1.18 bits per heavy atom. The van der Waals surface area contributed by atoms with Crippen LogP contribution >= 0.6 is 0 Å². The molecule has 0 saturated carbocycles. The highest BCUT2D eigenvalue weighted by Gasteiger charge is 2.24. The molecule has 92 valence electrons. The Labute approximate surface area is 101 Å². The van der Waals surface area contributed by atoms with E-state index in [9.17, 15) is 0 Å². The first-order valence-corrected chi connectivity index (χ1v) is 6.22. The van der Waals surface area contributed by atoms with Crippen LogP contribution in [0, 0.1) is 0 Å². The lowest BCUT2D eigenvalue weighted by atomic mass is 10.1. The molecule has 0 amide bonds. The Hall–Kier alpha value is -1.26. The number of fused-ring (bicyclic) bond motifs is 1. The minimum absolute atomic E-state index is 0.312. The SMILES string of the molecule is NC[C@@H](c1ccc2c(c1)OCO2)N1CCCC1. The van der Waals surface area contributed by atoms with Crippen molar-refractivity contribution in [2.45, 2.75) is 18.9 Å². The van der Waals surface area contributed by atoms with E-state index >= 15 is 0 Å². The summed E-state index contributed by atoms with van der Waals surface area (Å²) in [4.78, 5) is 2.46. The first-order valence-electron chi connectivity index (χ1n) is 6.22. The van der Waals surface area contributed by atoms with E-state index in [4.69, 9.17) is 15.2 Å². The topological polar surface area (TPSA) is 47.7 Å². The average Bonchev–Trinajstić information content (AvgIpc) is 2.99. The van der Waals surface area contributed by atoms with Crippen LogP contribution in [0.5, 0.6) is 11.5 Å². The van der Waals surface area contributed by atoms with Gasteiger partial charge in [0.2, 0.25) is 6.79 Å². The normalized spacial score (nSPS) is 20.8. The monoisotopic (exact) mass is 234 g/mol. The second kappa shape index (κ2) is 4.55. The number of rotatable bonds is 3. The maximum atomic E-state index is 5.92. The molecule has 0 spiro atoms. The number of hydrogen-bond acceptors (Lipinski definition) is 4. The van der Waals surface area contributed by atoms with Crippen molar-refractivity contribution in [3.63, 3.8) is 0 Å². The van der Waals surface area contributed by atoms with Crippen LogP contribution in [0.3, 0.4) is 0 Å². The maximum absolute atomic E-state index is 5.92. The Morgan fingerprint density at radius 2 is 1.94 bits per heavy atom. The van der Waals surface area contributed by atoms with Crippen molar-refractivity contribution >= 4 is 0 Å². The summed E-state index contributed by atoms with van der Waals surface area (Å²) in [6, 6.07) is 6.46. The smallest absolute Gasteiger partial charge is 0.231 e. The highest BCUT2D eigenvalue weighted by atomic mass is 16.7. The third-order valence-corrected chi connectivity index (χ3v) is 3.59. The van der Waals surface area contributed by atoms with Gasteiger partial charge in [-0.15, -0.1) is 0 Å². The van der Waals surface area contributed by atoms with E-state index in [1.165, 1.54) is 18.4 Å². The molecule has 0 aliphatic carbocycles. The molecule has 1 aromatic rings. The summed E-state index contributed by atoms with van der Waals surface area (Å²) in [6.07, 6.45) is 2.56. The lowest BCUT2D eigenvalue weighted by molar-refractivity contribution is 0.173. The van der Waals surface area contributed by atoms with Gasteiger partial charge in [0.05, 0.1) is 0 Å². The molecule has 4 nitrogen and oxygen atoms in total. The van der Waals surface area contributed by atoms with Crippen molar-refractivity contribution in [3.8, 4) is 11.5 Å². The van der Waals surface area contributed by atoms with Crippen LogP contribution < -0.4 is 15.2 Å². The minimum Gasteiger partial charge on any atom is -0.454 e. The molecule has 4 heteroatoms. The van der Waals surface area contributed by atoms with Crippen molar-refractivity contribution in [1.82, 2.24) is 4.90 Å². The fraction of sp³-hybridized carbons (Fsp3) is 0.538. The van der Waals surface area contributed by atoms with Gasteiger partial charge < -0.3 is 15.2 Å². The van der Waals surface area contributed by atoms with Crippen LogP contribution in [0.2, 0.25) is 0 Å². The van der Waals surface area contributed by atoms with E-state index in [0.717, 1.165) is 24.6 Å². The van der Waals surface area contributed by atoms with Gasteiger partial charge in [-0.3, -0.25) is 4.90 Å². The number of likely N-dealkylation sites (tertiary alicyclic amines) is 1. The predicted molar refractivity (Wildman–Crippen MR) is 65.2 cm³/mol. The molecule has 0 radical (unpaired) electrons. The molecule has 1 aromatic carbocycles. The van der Waals surface area contributed by atoms with Crippen LogP contribution in [0.1, 0.15) is 24.4 Å². The molecular weight excluding hydrogens is 216 g/mol.